The first kappa shape index (κ1) is 17.9. The van der Waals surface area contributed by atoms with Crippen LogP contribution in [0.1, 0.15) is 13.3 Å². The minimum absolute atomic E-state index is 0.0755. The van der Waals surface area contributed by atoms with E-state index in [1.54, 1.807) is 0 Å². The first-order chi connectivity index (χ1) is 13.7. The van der Waals surface area contributed by atoms with Gasteiger partial charge in [0.15, 0.2) is 6.61 Å². The third kappa shape index (κ3) is 3.78. The normalized spacial score (nSPS) is 10.9. The number of carbonyl (C=O) groups is 1. The van der Waals surface area contributed by atoms with Crippen LogP contribution in [-0.2, 0) is 4.79 Å². The van der Waals surface area contributed by atoms with E-state index < -0.39 is 0 Å². The second-order valence-corrected chi connectivity index (χ2v) is 6.56. The van der Waals surface area contributed by atoms with Gasteiger partial charge in [0.25, 0.3) is 5.91 Å². The molecule has 0 fully saturated rings. The summed E-state index contributed by atoms with van der Waals surface area (Å²) in [7, 11) is 0. The van der Waals surface area contributed by atoms with E-state index in [0.717, 1.165) is 22.8 Å². The number of carbonyl (C=O) groups excluding carboxylic acids is 1. The molecule has 4 aromatic rings. The third-order valence-corrected chi connectivity index (χ3v) is 4.47. The van der Waals surface area contributed by atoms with Crippen molar-refractivity contribution in [1.29, 1.82) is 0 Å². The van der Waals surface area contributed by atoms with Crippen LogP contribution in [0.5, 0.6) is 11.5 Å². The SMILES string of the molecule is CCCOc1ccccc1NC(=O)COc1ccc2c(c1)[nH]c1ccccc12. The van der Waals surface area contributed by atoms with Crippen molar-refractivity contribution in [3.8, 4) is 11.5 Å². The Bertz CT molecular complexity index is 1120. The summed E-state index contributed by atoms with van der Waals surface area (Å²) >= 11 is 0. The van der Waals surface area contributed by atoms with E-state index in [2.05, 4.69) is 16.4 Å². The van der Waals surface area contributed by atoms with Crippen molar-refractivity contribution < 1.29 is 14.3 Å². The molecule has 1 heterocycles. The molecule has 0 aliphatic carbocycles. The van der Waals surface area contributed by atoms with Crippen LogP contribution in [0, 0.1) is 0 Å². The van der Waals surface area contributed by atoms with Crippen LogP contribution in [0.2, 0.25) is 0 Å². The smallest absolute Gasteiger partial charge is 0.262 e. The van der Waals surface area contributed by atoms with Crippen LogP contribution in [-0.4, -0.2) is 24.1 Å². The van der Waals surface area contributed by atoms with E-state index in [1.807, 2.05) is 67.6 Å². The molecule has 0 saturated heterocycles. The highest BCUT2D eigenvalue weighted by Crippen LogP contribution is 2.28. The number of hydrogen-bond donors (Lipinski definition) is 2. The van der Waals surface area contributed by atoms with Gasteiger partial charge < -0.3 is 19.8 Å². The lowest BCUT2D eigenvalue weighted by atomic mass is 10.1. The van der Waals surface area contributed by atoms with E-state index >= 15 is 0 Å². The summed E-state index contributed by atoms with van der Waals surface area (Å²) in [4.78, 5) is 15.7. The Morgan fingerprint density at radius 2 is 1.71 bits per heavy atom. The topological polar surface area (TPSA) is 63.4 Å². The largest absolute Gasteiger partial charge is 0.491 e. The van der Waals surface area contributed by atoms with Crippen molar-refractivity contribution in [2.24, 2.45) is 0 Å². The molecule has 142 valence electrons. The van der Waals surface area contributed by atoms with Crippen molar-refractivity contribution in [2.45, 2.75) is 13.3 Å². The van der Waals surface area contributed by atoms with E-state index in [0.29, 0.717) is 23.8 Å². The average molecular weight is 374 g/mol. The quantitative estimate of drug-likeness (QED) is 0.471. The number of aromatic amines is 1. The van der Waals surface area contributed by atoms with Crippen LogP contribution in [0.15, 0.2) is 66.7 Å². The summed E-state index contributed by atoms with van der Waals surface area (Å²) in [6.45, 7) is 2.57. The molecule has 5 heteroatoms. The van der Waals surface area contributed by atoms with Crippen LogP contribution >= 0.6 is 0 Å². The van der Waals surface area contributed by atoms with Crippen LogP contribution in [0.3, 0.4) is 0 Å². The standard InChI is InChI=1S/C23H22N2O3/c1-2-13-27-22-10-6-5-9-20(22)25-23(26)15-28-16-11-12-18-17-7-3-4-8-19(17)24-21(18)14-16/h3-12,14,24H,2,13,15H2,1H3,(H,25,26). The molecule has 0 spiro atoms. The molecule has 4 rings (SSSR count). The highest BCUT2D eigenvalue weighted by Gasteiger charge is 2.09. The van der Waals surface area contributed by atoms with Gasteiger partial charge in [0, 0.05) is 22.4 Å². The van der Waals surface area contributed by atoms with Gasteiger partial charge in [-0.2, -0.15) is 0 Å². The molecule has 0 saturated carbocycles. The maximum Gasteiger partial charge on any atom is 0.262 e. The number of amides is 1. The zero-order chi connectivity index (χ0) is 19.3. The van der Waals surface area contributed by atoms with Gasteiger partial charge in [0.1, 0.15) is 11.5 Å². The number of para-hydroxylation sites is 3. The van der Waals surface area contributed by atoms with Crippen LogP contribution in [0.25, 0.3) is 21.8 Å². The maximum absolute atomic E-state index is 12.3. The monoisotopic (exact) mass is 374 g/mol. The third-order valence-electron chi connectivity index (χ3n) is 4.47. The minimum Gasteiger partial charge on any atom is -0.491 e. The summed E-state index contributed by atoms with van der Waals surface area (Å²) in [5, 5.41) is 5.16. The summed E-state index contributed by atoms with van der Waals surface area (Å²) in [5.41, 5.74) is 2.71. The second kappa shape index (κ2) is 8.05. The molecule has 0 bridgehead atoms. The molecule has 5 nitrogen and oxygen atoms in total. The second-order valence-electron chi connectivity index (χ2n) is 6.56. The molecule has 0 aliphatic heterocycles. The molecule has 0 aliphatic rings. The van der Waals surface area contributed by atoms with Gasteiger partial charge in [-0.25, -0.2) is 0 Å². The Morgan fingerprint density at radius 3 is 2.61 bits per heavy atom. The molecule has 1 amide bonds. The fourth-order valence-corrected chi connectivity index (χ4v) is 3.17. The number of ether oxygens (including phenoxy) is 2. The molecule has 1 aromatic heterocycles. The van der Waals surface area contributed by atoms with E-state index in [1.165, 1.54) is 5.39 Å². The number of rotatable bonds is 7. The number of fused-ring (bicyclic) bond motifs is 3. The van der Waals surface area contributed by atoms with Gasteiger partial charge in [0.05, 0.1) is 17.8 Å². The summed E-state index contributed by atoms with van der Waals surface area (Å²) < 4.78 is 11.4. The molecule has 0 unspecified atom stereocenters. The number of anilines is 1. The number of hydrogen-bond acceptors (Lipinski definition) is 3. The average Bonchev–Trinajstić information content (AvgIpc) is 3.09. The fourth-order valence-electron chi connectivity index (χ4n) is 3.17. The lowest BCUT2D eigenvalue weighted by molar-refractivity contribution is -0.118. The van der Waals surface area contributed by atoms with Gasteiger partial charge in [-0.1, -0.05) is 37.3 Å². The fraction of sp³-hybridized carbons (Fsp3) is 0.174. The van der Waals surface area contributed by atoms with Crippen LogP contribution in [0.4, 0.5) is 5.69 Å². The van der Waals surface area contributed by atoms with Gasteiger partial charge in [-0.05, 0) is 36.8 Å². The number of benzene rings is 3. The highest BCUT2D eigenvalue weighted by atomic mass is 16.5. The Morgan fingerprint density at radius 1 is 0.929 bits per heavy atom. The van der Waals surface area contributed by atoms with Crippen molar-refractivity contribution >= 4 is 33.4 Å². The van der Waals surface area contributed by atoms with Crippen molar-refractivity contribution in [2.75, 3.05) is 18.5 Å². The molecule has 0 radical (unpaired) electrons. The Kier molecular flexibility index (Phi) is 5.15. The van der Waals surface area contributed by atoms with Crippen molar-refractivity contribution in [3.05, 3.63) is 66.7 Å². The number of nitrogens with one attached hydrogen (secondary N) is 2. The Balaban J connectivity index is 1.43. The first-order valence-electron chi connectivity index (χ1n) is 9.39. The molecular weight excluding hydrogens is 352 g/mol. The highest BCUT2D eigenvalue weighted by molar-refractivity contribution is 6.07. The summed E-state index contributed by atoms with van der Waals surface area (Å²) in [5.74, 6) is 1.08. The van der Waals surface area contributed by atoms with E-state index in [-0.39, 0.29) is 12.5 Å². The zero-order valence-electron chi connectivity index (χ0n) is 15.7. The molecule has 28 heavy (non-hydrogen) atoms. The Labute approximate surface area is 163 Å². The maximum atomic E-state index is 12.3. The van der Waals surface area contributed by atoms with Crippen molar-refractivity contribution in [3.63, 3.8) is 0 Å². The molecule has 2 N–H and O–H groups in total. The van der Waals surface area contributed by atoms with E-state index in [9.17, 15) is 4.79 Å². The minimum atomic E-state index is -0.232. The van der Waals surface area contributed by atoms with Gasteiger partial charge in [-0.3, -0.25) is 4.79 Å². The predicted octanol–water partition coefficient (Wildman–Crippen LogP) is 5.13. The van der Waals surface area contributed by atoms with Crippen LogP contribution < -0.4 is 14.8 Å². The van der Waals surface area contributed by atoms with E-state index in [4.69, 9.17) is 9.47 Å². The van der Waals surface area contributed by atoms with Gasteiger partial charge in [-0.15, -0.1) is 0 Å². The summed E-state index contributed by atoms with van der Waals surface area (Å²) in [6, 6.07) is 21.4. The van der Waals surface area contributed by atoms with Crippen molar-refractivity contribution in [1.82, 2.24) is 4.98 Å². The number of H-pyrrole nitrogens is 1. The molecular formula is C23H22N2O3. The number of aromatic nitrogens is 1. The Hall–Kier alpha value is -3.47. The zero-order valence-corrected chi connectivity index (χ0v) is 15.7. The lowest BCUT2D eigenvalue weighted by Gasteiger charge is -2.12. The summed E-state index contributed by atoms with van der Waals surface area (Å²) in [6.07, 6.45) is 0.904. The molecule has 0 atom stereocenters. The molecule has 3 aromatic carbocycles. The van der Waals surface area contributed by atoms with Gasteiger partial charge >= 0.3 is 0 Å². The first-order valence-corrected chi connectivity index (χ1v) is 9.39. The predicted molar refractivity (Wildman–Crippen MR) is 112 cm³/mol. The van der Waals surface area contributed by atoms with Gasteiger partial charge in [0.2, 0.25) is 0 Å². The lowest BCUT2D eigenvalue weighted by Crippen LogP contribution is -2.20.